The molecule has 2 unspecified atom stereocenters. The van der Waals surface area contributed by atoms with Gasteiger partial charge in [-0.2, -0.15) is 0 Å². The van der Waals surface area contributed by atoms with Crippen molar-refractivity contribution in [3.05, 3.63) is 24.3 Å². The summed E-state index contributed by atoms with van der Waals surface area (Å²) in [5.74, 6) is -0.116. The van der Waals surface area contributed by atoms with E-state index in [1.54, 1.807) is 6.08 Å². The van der Waals surface area contributed by atoms with E-state index < -0.39 is 12.1 Å². The lowest BCUT2D eigenvalue weighted by Gasteiger charge is -2.19. The Labute approximate surface area is 148 Å². The Morgan fingerprint density at radius 2 is 1.62 bits per heavy atom. The highest BCUT2D eigenvalue weighted by Crippen LogP contribution is 2.05. The van der Waals surface area contributed by atoms with Crippen molar-refractivity contribution in [1.82, 2.24) is 5.32 Å². The molecule has 0 spiro atoms. The zero-order valence-electron chi connectivity index (χ0n) is 15.5. The number of hydrogen-bond donors (Lipinski definition) is 3. The van der Waals surface area contributed by atoms with E-state index in [0.717, 1.165) is 32.1 Å². The van der Waals surface area contributed by atoms with E-state index >= 15 is 0 Å². The average molecular weight is 340 g/mol. The van der Waals surface area contributed by atoms with Crippen LogP contribution in [0.25, 0.3) is 0 Å². The maximum absolute atomic E-state index is 11.7. The molecule has 0 bridgehead atoms. The first-order chi connectivity index (χ1) is 11.7. The fraction of sp³-hybridized carbons (Fsp3) is 0.750. The van der Waals surface area contributed by atoms with Gasteiger partial charge in [-0.05, 0) is 32.1 Å². The van der Waals surface area contributed by atoms with Gasteiger partial charge in [-0.3, -0.25) is 4.79 Å². The molecule has 3 N–H and O–H groups in total. The van der Waals surface area contributed by atoms with Crippen LogP contribution in [0.5, 0.6) is 0 Å². The SMILES string of the molecule is CCCCCC/C=C/CC/C=C/C(O)C(CO)NC(=O)CCCC. The quantitative estimate of drug-likeness (QED) is 0.313. The van der Waals surface area contributed by atoms with E-state index in [4.69, 9.17) is 0 Å². The topological polar surface area (TPSA) is 69.6 Å². The summed E-state index contributed by atoms with van der Waals surface area (Å²) in [6.45, 7) is 3.98. The van der Waals surface area contributed by atoms with Crippen LogP contribution in [0.3, 0.4) is 0 Å². The van der Waals surface area contributed by atoms with E-state index in [1.165, 1.54) is 25.7 Å². The van der Waals surface area contributed by atoms with Gasteiger partial charge in [0, 0.05) is 6.42 Å². The fourth-order valence-electron chi connectivity index (χ4n) is 2.34. The molecule has 4 nitrogen and oxygen atoms in total. The summed E-state index contributed by atoms with van der Waals surface area (Å²) in [5, 5.41) is 22.0. The van der Waals surface area contributed by atoms with Crippen molar-refractivity contribution < 1.29 is 15.0 Å². The first-order valence-corrected chi connectivity index (χ1v) is 9.55. The van der Waals surface area contributed by atoms with Crippen LogP contribution in [0.2, 0.25) is 0 Å². The molecule has 0 aromatic rings. The normalized spacial score (nSPS) is 14.3. The Bertz CT molecular complexity index is 353. The molecule has 0 aromatic heterocycles. The van der Waals surface area contributed by atoms with Gasteiger partial charge in [0.1, 0.15) is 0 Å². The number of allylic oxidation sites excluding steroid dienone is 3. The number of aliphatic hydroxyl groups is 2. The maximum atomic E-state index is 11.7. The molecule has 0 aliphatic heterocycles. The van der Waals surface area contributed by atoms with Gasteiger partial charge in [-0.1, -0.05) is 63.8 Å². The lowest BCUT2D eigenvalue weighted by atomic mass is 10.1. The van der Waals surface area contributed by atoms with Crippen LogP contribution in [0.4, 0.5) is 0 Å². The summed E-state index contributed by atoms with van der Waals surface area (Å²) in [6.07, 6.45) is 17.4. The van der Waals surface area contributed by atoms with E-state index in [1.807, 2.05) is 13.0 Å². The van der Waals surface area contributed by atoms with E-state index in [9.17, 15) is 15.0 Å². The highest BCUT2D eigenvalue weighted by atomic mass is 16.3. The first-order valence-electron chi connectivity index (χ1n) is 9.55. The molecule has 0 aliphatic rings. The van der Waals surface area contributed by atoms with Crippen LogP contribution < -0.4 is 5.32 Å². The molecule has 140 valence electrons. The van der Waals surface area contributed by atoms with Crippen molar-refractivity contribution in [3.8, 4) is 0 Å². The third-order valence-corrected chi connectivity index (χ3v) is 3.94. The van der Waals surface area contributed by atoms with Crippen molar-refractivity contribution in [2.45, 2.75) is 90.2 Å². The smallest absolute Gasteiger partial charge is 0.220 e. The van der Waals surface area contributed by atoms with Crippen LogP contribution in [0, 0.1) is 0 Å². The number of amides is 1. The second-order valence-corrected chi connectivity index (χ2v) is 6.28. The van der Waals surface area contributed by atoms with Gasteiger partial charge >= 0.3 is 0 Å². The third-order valence-electron chi connectivity index (χ3n) is 3.94. The fourth-order valence-corrected chi connectivity index (χ4v) is 2.34. The molecule has 0 rings (SSSR count). The summed E-state index contributed by atoms with van der Waals surface area (Å²) in [6, 6.07) is -0.625. The molecule has 0 aromatic carbocycles. The first kappa shape index (κ1) is 22.9. The van der Waals surface area contributed by atoms with Gasteiger partial charge in [-0.25, -0.2) is 0 Å². The minimum absolute atomic E-state index is 0.116. The van der Waals surface area contributed by atoms with Crippen LogP contribution >= 0.6 is 0 Å². The van der Waals surface area contributed by atoms with Crippen LogP contribution in [-0.2, 0) is 4.79 Å². The second-order valence-electron chi connectivity index (χ2n) is 6.28. The van der Waals surface area contributed by atoms with Gasteiger partial charge < -0.3 is 15.5 Å². The van der Waals surface area contributed by atoms with Gasteiger partial charge in [-0.15, -0.1) is 0 Å². The van der Waals surface area contributed by atoms with Crippen LogP contribution in [0.1, 0.15) is 78.1 Å². The van der Waals surface area contributed by atoms with Gasteiger partial charge in [0.05, 0.1) is 18.8 Å². The largest absolute Gasteiger partial charge is 0.394 e. The van der Waals surface area contributed by atoms with Crippen molar-refractivity contribution in [2.75, 3.05) is 6.61 Å². The number of hydrogen-bond acceptors (Lipinski definition) is 3. The summed E-state index contributed by atoms with van der Waals surface area (Å²) >= 11 is 0. The van der Waals surface area contributed by atoms with Crippen molar-refractivity contribution in [1.29, 1.82) is 0 Å². The highest BCUT2D eigenvalue weighted by molar-refractivity contribution is 5.76. The lowest BCUT2D eigenvalue weighted by Crippen LogP contribution is -2.45. The molecule has 0 saturated carbocycles. The summed E-state index contributed by atoms with van der Waals surface area (Å²) < 4.78 is 0. The predicted molar refractivity (Wildman–Crippen MR) is 101 cm³/mol. The Morgan fingerprint density at radius 1 is 0.958 bits per heavy atom. The molecule has 0 aliphatic carbocycles. The monoisotopic (exact) mass is 339 g/mol. The van der Waals surface area contributed by atoms with Crippen molar-refractivity contribution >= 4 is 5.91 Å². The van der Waals surface area contributed by atoms with Gasteiger partial charge in [0.2, 0.25) is 5.91 Å². The molecular formula is C20H37NO3. The summed E-state index contributed by atoms with van der Waals surface area (Å²) in [5.41, 5.74) is 0. The standard InChI is InChI=1S/C20H37NO3/c1-3-5-7-8-9-10-11-12-13-14-15-19(23)18(17-22)21-20(24)16-6-4-2/h10-11,14-15,18-19,22-23H,3-9,12-13,16-17H2,1-2H3,(H,21,24)/b11-10+,15-14+. The van der Waals surface area contributed by atoms with Crippen LogP contribution in [-0.4, -0.2) is 34.9 Å². The van der Waals surface area contributed by atoms with Gasteiger partial charge in [0.15, 0.2) is 0 Å². The summed E-state index contributed by atoms with van der Waals surface area (Å²) in [4.78, 5) is 11.7. The Morgan fingerprint density at radius 3 is 2.29 bits per heavy atom. The zero-order chi connectivity index (χ0) is 18.0. The molecule has 24 heavy (non-hydrogen) atoms. The molecule has 1 amide bonds. The van der Waals surface area contributed by atoms with Crippen LogP contribution in [0.15, 0.2) is 24.3 Å². The second kappa shape index (κ2) is 16.7. The molecule has 0 saturated heterocycles. The van der Waals surface area contributed by atoms with E-state index in [-0.39, 0.29) is 12.5 Å². The lowest BCUT2D eigenvalue weighted by molar-refractivity contribution is -0.122. The average Bonchev–Trinajstić information content (AvgIpc) is 2.59. The number of carbonyl (C=O) groups excluding carboxylic acids is 1. The highest BCUT2D eigenvalue weighted by Gasteiger charge is 2.17. The van der Waals surface area contributed by atoms with Gasteiger partial charge in [0.25, 0.3) is 0 Å². The number of unbranched alkanes of at least 4 members (excludes halogenated alkanes) is 6. The zero-order valence-corrected chi connectivity index (χ0v) is 15.5. The number of nitrogens with one attached hydrogen (secondary N) is 1. The predicted octanol–water partition coefficient (Wildman–Crippen LogP) is 3.88. The number of aliphatic hydroxyl groups excluding tert-OH is 2. The molecule has 0 fully saturated rings. The summed E-state index contributed by atoms with van der Waals surface area (Å²) in [7, 11) is 0. The molecule has 2 atom stereocenters. The molecular weight excluding hydrogens is 302 g/mol. The molecule has 4 heteroatoms. The number of carbonyl (C=O) groups is 1. The Kier molecular flexibility index (Phi) is 15.9. The van der Waals surface area contributed by atoms with E-state index in [2.05, 4.69) is 24.4 Å². The third kappa shape index (κ3) is 13.3. The maximum Gasteiger partial charge on any atom is 0.220 e. The van der Waals surface area contributed by atoms with Crippen molar-refractivity contribution in [2.24, 2.45) is 0 Å². The molecule has 0 radical (unpaired) electrons. The number of rotatable bonds is 15. The Balaban J connectivity index is 3.89. The van der Waals surface area contributed by atoms with E-state index in [0.29, 0.717) is 6.42 Å². The van der Waals surface area contributed by atoms with Crippen molar-refractivity contribution in [3.63, 3.8) is 0 Å². The minimum atomic E-state index is -0.849. The minimum Gasteiger partial charge on any atom is -0.394 e. The Hall–Kier alpha value is -1.13. The molecule has 0 heterocycles.